The number of ether oxygens (including phenoxy) is 1. The van der Waals surface area contributed by atoms with Crippen LogP contribution in [-0.2, 0) is 4.79 Å². The Kier molecular flexibility index (Phi) is 6.63. The van der Waals surface area contributed by atoms with E-state index < -0.39 is 0 Å². The summed E-state index contributed by atoms with van der Waals surface area (Å²) in [4.78, 5) is 16.2. The minimum Gasteiger partial charge on any atom is -0.492 e. The molecule has 138 valence electrons. The maximum Gasteiger partial charge on any atom is 0.224 e. The van der Waals surface area contributed by atoms with E-state index in [0.29, 0.717) is 19.7 Å². The average molecular weight is 354 g/mol. The van der Waals surface area contributed by atoms with Crippen LogP contribution < -0.4 is 4.74 Å². The zero-order chi connectivity index (χ0) is 18.2. The molecule has 1 heterocycles. The molecule has 5 nitrogen and oxygen atoms in total. The van der Waals surface area contributed by atoms with Gasteiger partial charge in [-0.25, -0.2) is 0 Å². The van der Waals surface area contributed by atoms with Gasteiger partial charge in [-0.3, -0.25) is 9.69 Å². The number of nitrogens with zero attached hydrogens (tertiary/aromatic N) is 2. The van der Waals surface area contributed by atoms with E-state index in [2.05, 4.69) is 17.0 Å². The van der Waals surface area contributed by atoms with Crippen molar-refractivity contribution in [2.75, 3.05) is 39.4 Å². The molecule has 1 aliphatic rings. The smallest absolute Gasteiger partial charge is 0.224 e. The van der Waals surface area contributed by atoms with Crippen LogP contribution >= 0.6 is 0 Å². The number of rotatable bonds is 7. The number of benzene rings is 2. The Morgan fingerprint density at radius 3 is 2.19 bits per heavy atom. The third-order valence-corrected chi connectivity index (χ3v) is 4.77. The summed E-state index contributed by atoms with van der Waals surface area (Å²) in [5.41, 5.74) is 1.22. The van der Waals surface area contributed by atoms with Gasteiger partial charge in [-0.2, -0.15) is 0 Å². The molecule has 0 aromatic heterocycles. The van der Waals surface area contributed by atoms with Crippen LogP contribution in [0.2, 0.25) is 0 Å². The van der Waals surface area contributed by atoms with Crippen LogP contribution in [0.15, 0.2) is 60.7 Å². The van der Waals surface area contributed by atoms with Gasteiger partial charge < -0.3 is 14.7 Å². The fourth-order valence-corrected chi connectivity index (χ4v) is 3.32. The first kappa shape index (κ1) is 18.4. The molecular formula is C21H26N2O3. The number of hydrogen-bond donors (Lipinski definition) is 1. The highest BCUT2D eigenvalue weighted by molar-refractivity contribution is 5.76. The van der Waals surface area contributed by atoms with Gasteiger partial charge in [0.25, 0.3) is 0 Å². The summed E-state index contributed by atoms with van der Waals surface area (Å²) in [6.45, 7) is 3.46. The molecule has 5 heteroatoms. The van der Waals surface area contributed by atoms with Gasteiger partial charge in [0.1, 0.15) is 12.4 Å². The van der Waals surface area contributed by atoms with Gasteiger partial charge in [0.05, 0.1) is 12.6 Å². The number of para-hydroxylation sites is 1. The number of piperazine rings is 1. The van der Waals surface area contributed by atoms with Crippen molar-refractivity contribution in [2.45, 2.75) is 12.5 Å². The van der Waals surface area contributed by atoms with Gasteiger partial charge in [0.15, 0.2) is 0 Å². The van der Waals surface area contributed by atoms with E-state index in [4.69, 9.17) is 9.84 Å². The SMILES string of the molecule is O=C(CCO)N1CCN(C(COc2ccccc2)c2ccccc2)CC1. The molecule has 1 amide bonds. The standard InChI is InChI=1S/C21H26N2O3/c24-16-11-21(25)23-14-12-22(13-15-23)20(18-7-3-1-4-8-18)17-26-19-9-5-2-6-10-19/h1-10,20,24H,11-17H2. The van der Waals surface area contributed by atoms with Crippen molar-refractivity contribution in [1.29, 1.82) is 0 Å². The van der Waals surface area contributed by atoms with Crippen LogP contribution in [0.1, 0.15) is 18.0 Å². The Balaban J connectivity index is 1.65. The maximum atomic E-state index is 12.0. The molecule has 2 aromatic carbocycles. The molecule has 2 aromatic rings. The molecule has 1 saturated heterocycles. The lowest BCUT2D eigenvalue weighted by Crippen LogP contribution is -2.50. The highest BCUT2D eigenvalue weighted by Crippen LogP contribution is 2.24. The highest BCUT2D eigenvalue weighted by Gasteiger charge is 2.27. The number of carbonyl (C=O) groups is 1. The van der Waals surface area contributed by atoms with E-state index in [1.165, 1.54) is 5.56 Å². The van der Waals surface area contributed by atoms with Gasteiger partial charge in [0.2, 0.25) is 5.91 Å². The summed E-state index contributed by atoms with van der Waals surface area (Å²) in [7, 11) is 0. The van der Waals surface area contributed by atoms with Crippen molar-refractivity contribution in [1.82, 2.24) is 9.80 Å². The van der Waals surface area contributed by atoms with Crippen molar-refractivity contribution in [3.63, 3.8) is 0 Å². The van der Waals surface area contributed by atoms with E-state index in [1.54, 1.807) is 0 Å². The Morgan fingerprint density at radius 1 is 0.962 bits per heavy atom. The predicted octanol–water partition coefficient (Wildman–Crippen LogP) is 2.33. The third kappa shape index (κ3) is 4.84. The fourth-order valence-electron chi connectivity index (χ4n) is 3.32. The van der Waals surface area contributed by atoms with E-state index in [1.807, 2.05) is 53.4 Å². The summed E-state index contributed by atoms with van der Waals surface area (Å²) in [5.74, 6) is 0.897. The van der Waals surface area contributed by atoms with Crippen molar-refractivity contribution in [3.8, 4) is 5.75 Å². The third-order valence-electron chi connectivity index (χ3n) is 4.77. The highest BCUT2D eigenvalue weighted by atomic mass is 16.5. The van der Waals surface area contributed by atoms with Gasteiger partial charge >= 0.3 is 0 Å². The lowest BCUT2D eigenvalue weighted by Gasteiger charge is -2.39. The van der Waals surface area contributed by atoms with Gasteiger partial charge in [-0.15, -0.1) is 0 Å². The van der Waals surface area contributed by atoms with Gasteiger partial charge in [-0.1, -0.05) is 48.5 Å². The number of amides is 1. The lowest BCUT2D eigenvalue weighted by atomic mass is 10.0. The summed E-state index contributed by atoms with van der Waals surface area (Å²) in [6, 6.07) is 20.4. The first-order valence-corrected chi connectivity index (χ1v) is 9.13. The van der Waals surface area contributed by atoms with Crippen LogP contribution in [0.3, 0.4) is 0 Å². The second-order valence-electron chi connectivity index (χ2n) is 6.44. The molecule has 1 atom stereocenters. The summed E-state index contributed by atoms with van der Waals surface area (Å²) in [5, 5.41) is 8.96. The summed E-state index contributed by atoms with van der Waals surface area (Å²) < 4.78 is 6.03. The molecule has 1 unspecified atom stereocenters. The minimum absolute atomic E-state index is 0.0314. The first-order chi connectivity index (χ1) is 12.8. The van der Waals surface area contributed by atoms with Crippen LogP contribution in [0.5, 0.6) is 5.75 Å². The first-order valence-electron chi connectivity index (χ1n) is 9.13. The predicted molar refractivity (Wildman–Crippen MR) is 101 cm³/mol. The maximum absolute atomic E-state index is 12.0. The van der Waals surface area contributed by atoms with Crippen molar-refractivity contribution < 1.29 is 14.6 Å². The largest absolute Gasteiger partial charge is 0.492 e. The summed E-state index contributed by atoms with van der Waals surface area (Å²) >= 11 is 0. The monoisotopic (exact) mass is 354 g/mol. The number of carbonyl (C=O) groups excluding carboxylic acids is 1. The lowest BCUT2D eigenvalue weighted by molar-refractivity contribution is -0.134. The van der Waals surface area contributed by atoms with E-state index in [0.717, 1.165) is 18.8 Å². The minimum atomic E-state index is -0.0867. The van der Waals surface area contributed by atoms with Crippen LogP contribution in [0, 0.1) is 0 Å². The molecule has 1 aliphatic heterocycles. The molecule has 1 fully saturated rings. The number of aliphatic hydroxyl groups excluding tert-OH is 1. The molecule has 0 saturated carbocycles. The molecule has 1 N–H and O–H groups in total. The average Bonchev–Trinajstić information content (AvgIpc) is 2.70. The fraction of sp³-hybridized carbons (Fsp3) is 0.381. The molecule has 0 aliphatic carbocycles. The van der Waals surface area contributed by atoms with E-state index >= 15 is 0 Å². The Bertz CT molecular complexity index is 670. The molecule has 3 rings (SSSR count). The Hall–Kier alpha value is -2.37. The van der Waals surface area contributed by atoms with E-state index in [-0.39, 0.29) is 25.0 Å². The molecular weight excluding hydrogens is 328 g/mol. The molecule has 0 spiro atoms. The number of aliphatic hydroxyl groups is 1. The second-order valence-corrected chi connectivity index (χ2v) is 6.44. The summed E-state index contributed by atoms with van der Waals surface area (Å²) in [6.07, 6.45) is 0.208. The number of hydrogen-bond acceptors (Lipinski definition) is 4. The van der Waals surface area contributed by atoms with Crippen molar-refractivity contribution >= 4 is 5.91 Å². The molecule has 26 heavy (non-hydrogen) atoms. The molecule has 0 radical (unpaired) electrons. The quantitative estimate of drug-likeness (QED) is 0.829. The zero-order valence-electron chi connectivity index (χ0n) is 15.0. The normalized spacial score (nSPS) is 16.3. The van der Waals surface area contributed by atoms with Gasteiger partial charge in [-0.05, 0) is 17.7 Å². The Morgan fingerprint density at radius 2 is 1.58 bits per heavy atom. The van der Waals surface area contributed by atoms with Crippen LogP contribution in [-0.4, -0.2) is 60.2 Å². The van der Waals surface area contributed by atoms with E-state index in [9.17, 15) is 4.79 Å². The second kappa shape index (κ2) is 9.36. The van der Waals surface area contributed by atoms with Crippen LogP contribution in [0.4, 0.5) is 0 Å². The molecule has 0 bridgehead atoms. The topological polar surface area (TPSA) is 53.0 Å². The van der Waals surface area contributed by atoms with Crippen molar-refractivity contribution in [2.24, 2.45) is 0 Å². The zero-order valence-corrected chi connectivity index (χ0v) is 15.0. The van der Waals surface area contributed by atoms with Gasteiger partial charge in [0, 0.05) is 32.6 Å². The Labute approximate surface area is 154 Å². The van der Waals surface area contributed by atoms with Crippen LogP contribution in [0.25, 0.3) is 0 Å². The van der Waals surface area contributed by atoms with Crippen molar-refractivity contribution in [3.05, 3.63) is 66.2 Å².